The Morgan fingerprint density at radius 2 is 2.10 bits per heavy atom. The third-order valence-electron chi connectivity index (χ3n) is 2.65. The van der Waals surface area contributed by atoms with Gasteiger partial charge in [0.1, 0.15) is 6.17 Å². The van der Waals surface area contributed by atoms with Crippen molar-refractivity contribution in [1.82, 2.24) is 10.4 Å². The maximum absolute atomic E-state index is 12.4. The predicted octanol–water partition coefficient (Wildman–Crippen LogP) is 4.13. The second-order valence-corrected chi connectivity index (χ2v) is 6.97. The summed E-state index contributed by atoms with van der Waals surface area (Å²) in [6.45, 7) is 0. The van der Waals surface area contributed by atoms with Gasteiger partial charge in [-0.2, -0.15) is 0 Å². The lowest BCUT2D eigenvalue weighted by atomic mass is 10.2. The molecule has 2 amide bonds. The Morgan fingerprint density at radius 3 is 2.65 bits per heavy atom. The number of hydrogen-bond acceptors (Lipinski definition) is 3. The maximum Gasteiger partial charge on any atom is 0.343 e. The molecule has 1 aliphatic rings. The van der Waals surface area contributed by atoms with Crippen molar-refractivity contribution in [2.24, 2.45) is 0 Å². The minimum Gasteiger partial charge on any atom is -0.275 e. The molecule has 0 spiro atoms. The van der Waals surface area contributed by atoms with Crippen molar-refractivity contribution in [2.45, 2.75) is 16.5 Å². The van der Waals surface area contributed by atoms with Gasteiger partial charge in [0.25, 0.3) is 3.92 Å². The van der Waals surface area contributed by atoms with Gasteiger partial charge >= 0.3 is 6.03 Å². The normalized spacial score (nSPS) is 19.6. The predicted molar refractivity (Wildman–Crippen MR) is 86.7 cm³/mol. The third-order valence-corrected chi connectivity index (χ3v) is 3.58. The van der Waals surface area contributed by atoms with E-state index in [1.165, 1.54) is 10.3 Å². The molecule has 2 rings (SSSR count). The van der Waals surface area contributed by atoms with Gasteiger partial charge < -0.3 is 0 Å². The van der Waals surface area contributed by atoms with Crippen molar-refractivity contribution in [3.05, 3.63) is 29.3 Å². The SMILES string of the molecule is O=C1N(c2cccc(Cl)c2)C(CC=S)NN1C(Cl)(Cl)Cl. The summed E-state index contributed by atoms with van der Waals surface area (Å²) in [6.07, 6.45) is -0.0285. The highest BCUT2D eigenvalue weighted by Gasteiger charge is 2.46. The molecule has 0 bridgehead atoms. The van der Waals surface area contributed by atoms with E-state index in [0.717, 1.165) is 5.01 Å². The number of thiocarbonyl (C=S) groups is 1. The summed E-state index contributed by atoms with van der Waals surface area (Å²) < 4.78 is -1.90. The van der Waals surface area contributed by atoms with Crippen molar-refractivity contribution in [3.8, 4) is 0 Å². The number of halogens is 4. The molecule has 108 valence electrons. The summed E-state index contributed by atoms with van der Waals surface area (Å²) in [6, 6.07) is 6.34. The lowest BCUT2D eigenvalue weighted by molar-refractivity contribution is 0.199. The Labute approximate surface area is 141 Å². The second kappa shape index (κ2) is 6.22. The van der Waals surface area contributed by atoms with Gasteiger partial charge in [-0.25, -0.2) is 15.2 Å². The van der Waals surface area contributed by atoms with E-state index in [1.54, 1.807) is 24.3 Å². The van der Waals surface area contributed by atoms with Crippen LogP contribution in [0.2, 0.25) is 5.02 Å². The summed E-state index contributed by atoms with van der Waals surface area (Å²) in [7, 11) is 0. The van der Waals surface area contributed by atoms with E-state index in [-0.39, 0.29) is 0 Å². The third kappa shape index (κ3) is 3.30. The summed E-state index contributed by atoms with van der Waals surface area (Å²) in [5.74, 6) is 0. The molecular formula is C11H9Cl4N3OS. The van der Waals surface area contributed by atoms with E-state index >= 15 is 0 Å². The number of amides is 2. The smallest absolute Gasteiger partial charge is 0.275 e. The number of urea groups is 1. The standard InChI is InChI=1S/C11H9Cl4N3OS/c12-7-2-1-3-8(6-7)17-9(4-5-20)16-18(10(17)19)11(13,14)15/h1-3,5-6,9,16H,4H2. The molecule has 1 atom stereocenters. The number of carbonyl (C=O) groups is 1. The van der Waals surface area contributed by atoms with Crippen molar-refractivity contribution in [1.29, 1.82) is 0 Å². The largest absolute Gasteiger partial charge is 0.343 e. The van der Waals surface area contributed by atoms with Crippen LogP contribution in [0.25, 0.3) is 0 Å². The van der Waals surface area contributed by atoms with Gasteiger partial charge in [-0.1, -0.05) is 64.7 Å². The molecule has 1 aliphatic heterocycles. The number of nitrogens with one attached hydrogen (secondary N) is 1. The first-order valence-corrected chi connectivity index (χ1v) is 7.48. The van der Waals surface area contributed by atoms with E-state index in [9.17, 15) is 4.79 Å². The molecule has 9 heteroatoms. The molecule has 1 heterocycles. The Morgan fingerprint density at radius 1 is 1.40 bits per heavy atom. The van der Waals surface area contributed by atoms with Crippen LogP contribution >= 0.6 is 58.6 Å². The second-order valence-electron chi connectivity index (χ2n) is 3.98. The molecule has 1 N–H and O–H groups in total. The van der Waals surface area contributed by atoms with Crippen molar-refractivity contribution in [3.63, 3.8) is 0 Å². The number of benzene rings is 1. The summed E-state index contributed by atoms with van der Waals surface area (Å²) >= 11 is 28.1. The van der Waals surface area contributed by atoms with Crippen molar-refractivity contribution in [2.75, 3.05) is 4.90 Å². The highest BCUT2D eigenvalue weighted by molar-refractivity contribution is 7.78. The average molecular weight is 373 g/mol. The van der Waals surface area contributed by atoms with Gasteiger partial charge in [-0.05, 0) is 23.6 Å². The minimum absolute atomic E-state index is 0.408. The molecule has 1 fully saturated rings. The molecule has 1 aromatic rings. The first-order chi connectivity index (χ1) is 9.34. The molecule has 0 saturated carbocycles. The Bertz CT molecular complexity index is 537. The lowest BCUT2D eigenvalue weighted by Crippen LogP contribution is -2.45. The van der Waals surface area contributed by atoms with E-state index in [1.807, 2.05) is 0 Å². The molecule has 20 heavy (non-hydrogen) atoms. The van der Waals surface area contributed by atoms with E-state index < -0.39 is 16.1 Å². The van der Waals surface area contributed by atoms with Gasteiger partial charge in [0.05, 0.1) is 0 Å². The van der Waals surface area contributed by atoms with Crippen molar-refractivity contribution < 1.29 is 4.79 Å². The molecule has 0 radical (unpaired) electrons. The Balaban J connectivity index is 2.38. The average Bonchev–Trinajstić information content (AvgIpc) is 2.66. The number of alkyl halides is 3. The summed E-state index contributed by atoms with van der Waals surface area (Å²) in [5, 5.41) is 2.94. The van der Waals surface area contributed by atoms with Crippen LogP contribution in [-0.4, -0.2) is 26.5 Å². The molecule has 0 aliphatic carbocycles. The summed E-state index contributed by atoms with van der Waals surface area (Å²) in [5.41, 5.74) is 3.41. The number of carbonyl (C=O) groups excluding carboxylic acids is 1. The zero-order chi connectivity index (χ0) is 14.9. The van der Waals surface area contributed by atoms with Crippen molar-refractivity contribution >= 4 is 75.7 Å². The van der Waals surface area contributed by atoms with Crippen LogP contribution in [0.1, 0.15) is 6.42 Å². The topological polar surface area (TPSA) is 35.6 Å². The molecule has 4 nitrogen and oxygen atoms in total. The van der Waals surface area contributed by atoms with Gasteiger partial charge in [0.2, 0.25) is 0 Å². The number of nitrogens with zero attached hydrogens (tertiary/aromatic N) is 2. The minimum atomic E-state index is -1.90. The van der Waals surface area contributed by atoms with Gasteiger partial charge in [-0.3, -0.25) is 4.90 Å². The quantitative estimate of drug-likeness (QED) is 0.492. The van der Waals surface area contributed by atoms with Crippen LogP contribution in [-0.2, 0) is 0 Å². The highest BCUT2D eigenvalue weighted by atomic mass is 35.6. The fourth-order valence-corrected chi connectivity index (χ4v) is 2.58. The van der Waals surface area contributed by atoms with Gasteiger partial charge in [-0.15, -0.1) is 0 Å². The fourth-order valence-electron chi connectivity index (χ4n) is 1.85. The molecule has 0 aromatic heterocycles. The highest BCUT2D eigenvalue weighted by Crippen LogP contribution is 2.35. The van der Waals surface area contributed by atoms with Gasteiger partial charge in [0, 0.05) is 17.1 Å². The first-order valence-electron chi connectivity index (χ1n) is 5.50. The van der Waals surface area contributed by atoms with E-state index in [0.29, 0.717) is 17.1 Å². The zero-order valence-corrected chi connectivity index (χ0v) is 13.7. The van der Waals surface area contributed by atoms with Crippen LogP contribution in [0.15, 0.2) is 24.3 Å². The maximum atomic E-state index is 12.4. The number of hydrogen-bond donors (Lipinski definition) is 1. The van der Waals surface area contributed by atoms with Crippen LogP contribution < -0.4 is 10.3 Å². The zero-order valence-electron chi connectivity index (χ0n) is 9.89. The number of hydrazine groups is 1. The van der Waals surface area contributed by atoms with Crippen LogP contribution in [0.3, 0.4) is 0 Å². The van der Waals surface area contributed by atoms with Crippen LogP contribution in [0, 0.1) is 0 Å². The van der Waals surface area contributed by atoms with E-state index in [4.69, 9.17) is 58.6 Å². The number of anilines is 1. The van der Waals surface area contributed by atoms with Crippen LogP contribution in [0.4, 0.5) is 10.5 Å². The van der Waals surface area contributed by atoms with Gasteiger partial charge in [0.15, 0.2) is 0 Å². The summed E-state index contributed by atoms with van der Waals surface area (Å²) in [4.78, 5) is 13.8. The van der Waals surface area contributed by atoms with E-state index in [2.05, 4.69) is 5.43 Å². The molecular weight excluding hydrogens is 364 g/mol. The molecule has 1 saturated heterocycles. The Kier molecular flexibility index (Phi) is 5.00. The monoisotopic (exact) mass is 371 g/mol. The first kappa shape index (κ1) is 16.1. The lowest BCUT2D eigenvalue weighted by Gasteiger charge is -2.23. The number of rotatable bonds is 3. The van der Waals surface area contributed by atoms with Crippen LogP contribution in [0.5, 0.6) is 0 Å². The Hall–Kier alpha value is -0.300. The molecule has 1 aromatic carbocycles. The molecule has 1 unspecified atom stereocenters. The fraction of sp³-hybridized carbons (Fsp3) is 0.273.